The van der Waals surface area contributed by atoms with E-state index in [0.717, 1.165) is 16.5 Å². The quantitative estimate of drug-likeness (QED) is 0.345. The number of hydrogen-bond acceptors (Lipinski definition) is 3. The molecular formula is C13H16BrN3O2. The fraction of sp³-hybridized carbons (Fsp3) is 0.385. The van der Waals surface area contributed by atoms with Crippen molar-refractivity contribution in [2.45, 2.75) is 26.2 Å². The molecule has 5 nitrogen and oxygen atoms in total. The van der Waals surface area contributed by atoms with Crippen molar-refractivity contribution < 1.29 is 10.0 Å². The molecule has 0 unspecified atom stereocenters. The predicted molar refractivity (Wildman–Crippen MR) is 77.2 cm³/mol. The van der Waals surface area contributed by atoms with Crippen molar-refractivity contribution >= 4 is 33.4 Å². The second-order valence-corrected chi connectivity index (χ2v) is 5.60. The minimum Gasteiger partial charge on any atom is -0.409 e. The van der Waals surface area contributed by atoms with Gasteiger partial charge >= 0.3 is 0 Å². The largest absolute Gasteiger partial charge is 0.409 e. The number of benzene rings is 1. The molecule has 0 aromatic heterocycles. The molecular weight excluding hydrogens is 310 g/mol. The number of carbonyl (C=O) groups is 1. The zero-order valence-electron chi connectivity index (χ0n) is 10.6. The molecule has 0 radical (unpaired) electrons. The maximum atomic E-state index is 12.4. The molecule has 1 amide bonds. The van der Waals surface area contributed by atoms with E-state index in [1.807, 2.05) is 25.1 Å². The predicted octanol–water partition coefficient (Wildman–Crippen LogP) is 2.61. The number of nitrogens with two attached hydrogens (primary N) is 1. The summed E-state index contributed by atoms with van der Waals surface area (Å²) in [6, 6.07) is 5.63. The summed E-state index contributed by atoms with van der Waals surface area (Å²) in [6.45, 7) is 1.95. The van der Waals surface area contributed by atoms with Crippen LogP contribution in [-0.4, -0.2) is 17.0 Å². The smallest absolute Gasteiger partial charge is 0.238 e. The van der Waals surface area contributed by atoms with Crippen LogP contribution in [0.3, 0.4) is 0 Å². The Hall–Kier alpha value is -1.56. The lowest BCUT2D eigenvalue weighted by Gasteiger charge is -2.38. The fourth-order valence-electron chi connectivity index (χ4n) is 2.21. The molecule has 102 valence electrons. The average molecular weight is 326 g/mol. The van der Waals surface area contributed by atoms with Crippen LogP contribution in [0.2, 0.25) is 0 Å². The fourth-order valence-corrected chi connectivity index (χ4v) is 2.57. The summed E-state index contributed by atoms with van der Waals surface area (Å²) in [7, 11) is 0. The van der Waals surface area contributed by atoms with Gasteiger partial charge in [0.25, 0.3) is 0 Å². The minimum absolute atomic E-state index is 0.0139. The van der Waals surface area contributed by atoms with Crippen LogP contribution in [0.1, 0.15) is 24.8 Å². The van der Waals surface area contributed by atoms with Gasteiger partial charge in [-0.2, -0.15) is 0 Å². The summed E-state index contributed by atoms with van der Waals surface area (Å²) in [5.74, 6) is -0.236. The second kappa shape index (κ2) is 5.21. The number of oxime groups is 1. The minimum atomic E-state index is -0.863. The maximum Gasteiger partial charge on any atom is 0.238 e. The SMILES string of the molecule is Cc1cccc(NC(=O)C2(/C(N)=N/O)CCC2)c1Br. The van der Waals surface area contributed by atoms with Crippen LogP contribution in [0.5, 0.6) is 0 Å². The Morgan fingerprint density at radius 2 is 2.21 bits per heavy atom. The van der Waals surface area contributed by atoms with Crippen molar-refractivity contribution in [3.63, 3.8) is 0 Å². The van der Waals surface area contributed by atoms with Gasteiger partial charge < -0.3 is 16.3 Å². The van der Waals surface area contributed by atoms with Crippen molar-refractivity contribution in [1.82, 2.24) is 0 Å². The molecule has 1 aromatic carbocycles. The van der Waals surface area contributed by atoms with Crippen LogP contribution >= 0.6 is 15.9 Å². The molecule has 0 heterocycles. The zero-order valence-corrected chi connectivity index (χ0v) is 12.2. The molecule has 0 bridgehead atoms. The highest BCUT2D eigenvalue weighted by Gasteiger charge is 2.48. The van der Waals surface area contributed by atoms with E-state index in [0.29, 0.717) is 18.5 Å². The highest BCUT2D eigenvalue weighted by atomic mass is 79.9. The standard InChI is InChI=1S/C13H16BrN3O2/c1-8-4-2-5-9(10(8)14)16-12(18)13(6-3-7-13)11(15)17-19/h2,4-5,19H,3,6-7H2,1H3,(H2,15,17)(H,16,18). The van der Waals surface area contributed by atoms with E-state index >= 15 is 0 Å². The van der Waals surface area contributed by atoms with Gasteiger partial charge in [-0.1, -0.05) is 23.7 Å². The van der Waals surface area contributed by atoms with Gasteiger partial charge in [-0.3, -0.25) is 4.79 Å². The highest BCUT2D eigenvalue weighted by molar-refractivity contribution is 9.10. The van der Waals surface area contributed by atoms with E-state index in [4.69, 9.17) is 10.9 Å². The van der Waals surface area contributed by atoms with Crippen molar-refractivity contribution in [3.05, 3.63) is 28.2 Å². The number of halogens is 1. The topological polar surface area (TPSA) is 87.7 Å². The van der Waals surface area contributed by atoms with Crippen LogP contribution in [0, 0.1) is 12.3 Å². The van der Waals surface area contributed by atoms with E-state index in [9.17, 15) is 4.79 Å². The van der Waals surface area contributed by atoms with Crippen molar-refractivity contribution in [3.8, 4) is 0 Å². The Balaban J connectivity index is 2.24. The summed E-state index contributed by atoms with van der Waals surface area (Å²) in [5.41, 5.74) is 6.53. The van der Waals surface area contributed by atoms with Crippen LogP contribution in [0.4, 0.5) is 5.69 Å². The molecule has 1 fully saturated rings. The molecule has 4 N–H and O–H groups in total. The number of hydrogen-bond donors (Lipinski definition) is 3. The number of amides is 1. The monoisotopic (exact) mass is 325 g/mol. The third-order valence-corrected chi connectivity index (χ3v) is 4.73. The van der Waals surface area contributed by atoms with E-state index in [1.165, 1.54) is 0 Å². The summed E-state index contributed by atoms with van der Waals surface area (Å²) < 4.78 is 0.845. The average Bonchev–Trinajstić information content (AvgIpc) is 2.33. The van der Waals surface area contributed by atoms with Gasteiger partial charge in [-0.05, 0) is 47.3 Å². The molecule has 0 atom stereocenters. The van der Waals surface area contributed by atoms with Gasteiger partial charge in [0.05, 0.1) is 5.69 Å². The molecule has 0 aliphatic heterocycles. The first kappa shape index (κ1) is 13.9. The molecule has 1 aliphatic rings. The number of anilines is 1. The second-order valence-electron chi connectivity index (χ2n) is 4.81. The lowest BCUT2D eigenvalue weighted by Crippen LogP contribution is -2.51. The van der Waals surface area contributed by atoms with E-state index in [-0.39, 0.29) is 11.7 Å². The van der Waals surface area contributed by atoms with Gasteiger partial charge in [0.2, 0.25) is 5.91 Å². The van der Waals surface area contributed by atoms with E-state index in [1.54, 1.807) is 0 Å². The van der Waals surface area contributed by atoms with E-state index < -0.39 is 5.41 Å². The number of carbonyl (C=O) groups excluding carboxylic acids is 1. The molecule has 0 spiro atoms. The van der Waals surface area contributed by atoms with Crippen LogP contribution < -0.4 is 11.1 Å². The first-order valence-corrected chi connectivity index (χ1v) is 6.85. The normalized spacial score (nSPS) is 17.7. The first-order valence-electron chi connectivity index (χ1n) is 6.06. The lowest BCUT2D eigenvalue weighted by atomic mass is 9.67. The third-order valence-electron chi connectivity index (χ3n) is 3.68. The van der Waals surface area contributed by atoms with Crippen LogP contribution in [0.15, 0.2) is 27.8 Å². The number of amidine groups is 1. The van der Waals surface area contributed by atoms with Crippen LogP contribution in [0.25, 0.3) is 0 Å². The number of nitrogens with one attached hydrogen (secondary N) is 1. The van der Waals surface area contributed by atoms with Gasteiger partial charge in [-0.15, -0.1) is 0 Å². The van der Waals surface area contributed by atoms with Crippen molar-refractivity contribution in [2.75, 3.05) is 5.32 Å². The van der Waals surface area contributed by atoms with E-state index in [2.05, 4.69) is 26.4 Å². The van der Waals surface area contributed by atoms with Crippen molar-refractivity contribution in [2.24, 2.45) is 16.3 Å². The highest BCUT2D eigenvalue weighted by Crippen LogP contribution is 2.42. The molecule has 6 heteroatoms. The Labute approximate surface area is 120 Å². The molecule has 1 aromatic rings. The van der Waals surface area contributed by atoms with Crippen LogP contribution in [-0.2, 0) is 4.79 Å². The third kappa shape index (κ3) is 2.32. The Morgan fingerprint density at radius 3 is 2.74 bits per heavy atom. The van der Waals surface area contributed by atoms with Gasteiger partial charge in [0.15, 0.2) is 5.84 Å². The summed E-state index contributed by atoms with van der Waals surface area (Å²) in [5, 5.41) is 14.7. The number of rotatable bonds is 3. The van der Waals surface area contributed by atoms with Crippen molar-refractivity contribution in [1.29, 1.82) is 0 Å². The zero-order chi connectivity index (χ0) is 14.0. The summed E-state index contributed by atoms with van der Waals surface area (Å²) in [6.07, 6.45) is 2.12. The summed E-state index contributed by atoms with van der Waals surface area (Å²) in [4.78, 5) is 12.4. The summed E-state index contributed by atoms with van der Waals surface area (Å²) >= 11 is 3.44. The molecule has 1 aliphatic carbocycles. The molecule has 2 rings (SSSR count). The molecule has 19 heavy (non-hydrogen) atoms. The number of aryl methyl sites for hydroxylation is 1. The number of nitrogens with zero attached hydrogens (tertiary/aromatic N) is 1. The molecule has 0 saturated heterocycles. The Bertz CT molecular complexity index is 539. The van der Waals surface area contributed by atoms with Gasteiger partial charge in [-0.25, -0.2) is 0 Å². The maximum absolute atomic E-state index is 12.4. The first-order chi connectivity index (χ1) is 9.01. The van der Waals surface area contributed by atoms with Gasteiger partial charge in [0.1, 0.15) is 5.41 Å². The Morgan fingerprint density at radius 1 is 1.53 bits per heavy atom. The Kier molecular flexibility index (Phi) is 3.80. The van der Waals surface area contributed by atoms with Gasteiger partial charge in [0, 0.05) is 4.47 Å². The lowest BCUT2D eigenvalue weighted by molar-refractivity contribution is -0.125. The molecule has 1 saturated carbocycles.